The average Bonchev–Trinajstić information content (AvgIpc) is 3.25. The highest BCUT2D eigenvalue weighted by Gasteiger charge is 2.34. The summed E-state index contributed by atoms with van der Waals surface area (Å²) in [5, 5.41) is 11.8. The maximum atomic E-state index is 13.9. The van der Waals surface area contributed by atoms with Crippen molar-refractivity contribution in [3.05, 3.63) is 82.5 Å². The Morgan fingerprint density at radius 1 is 1.05 bits per heavy atom. The van der Waals surface area contributed by atoms with E-state index in [-0.39, 0.29) is 39.5 Å². The number of nitrogens with zero attached hydrogens (tertiary/aromatic N) is 3. The van der Waals surface area contributed by atoms with Crippen molar-refractivity contribution in [1.82, 2.24) is 4.57 Å². The maximum absolute atomic E-state index is 13.9. The molecule has 4 rings (SSSR count). The predicted molar refractivity (Wildman–Crippen MR) is 146 cm³/mol. The van der Waals surface area contributed by atoms with E-state index >= 15 is 0 Å². The molecule has 0 saturated carbocycles. The molecule has 40 heavy (non-hydrogen) atoms. The number of methoxy groups -OCH3 is 4. The molecule has 210 valence electrons. The summed E-state index contributed by atoms with van der Waals surface area (Å²) < 4.78 is 28.2. The molecule has 0 unspecified atom stereocenters. The minimum Gasteiger partial charge on any atom is -0.493 e. The van der Waals surface area contributed by atoms with E-state index in [1.165, 1.54) is 51.2 Å². The second kappa shape index (κ2) is 11.6. The number of carbonyl (C=O) groups is 1. The van der Waals surface area contributed by atoms with E-state index in [9.17, 15) is 19.7 Å². The van der Waals surface area contributed by atoms with Crippen molar-refractivity contribution in [1.29, 1.82) is 0 Å². The molecule has 0 aliphatic carbocycles. The smallest absolute Gasteiger partial charge is 0.338 e. The van der Waals surface area contributed by atoms with E-state index in [0.717, 1.165) is 11.3 Å². The van der Waals surface area contributed by atoms with Gasteiger partial charge in [-0.05, 0) is 43.7 Å². The first-order valence-electron chi connectivity index (χ1n) is 12.0. The third kappa shape index (κ3) is 5.02. The van der Waals surface area contributed by atoms with Crippen molar-refractivity contribution in [2.75, 3.05) is 35.0 Å². The number of esters is 1. The Bertz CT molecular complexity index is 1700. The van der Waals surface area contributed by atoms with Gasteiger partial charge in [-0.3, -0.25) is 19.5 Å². The van der Waals surface area contributed by atoms with Crippen molar-refractivity contribution < 1.29 is 33.4 Å². The number of rotatable bonds is 9. The third-order valence-electron chi connectivity index (χ3n) is 6.26. The normalized spacial score (nSPS) is 14.8. The molecule has 2 heterocycles. The molecule has 0 N–H and O–H groups in total. The van der Waals surface area contributed by atoms with Gasteiger partial charge in [-0.2, -0.15) is 0 Å². The van der Waals surface area contributed by atoms with E-state index < -0.39 is 22.5 Å². The molecule has 0 amide bonds. The van der Waals surface area contributed by atoms with E-state index in [1.54, 1.807) is 32.0 Å². The summed E-state index contributed by atoms with van der Waals surface area (Å²) in [7, 11) is 5.76. The molecule has 13 heteroatoms. The van der Waals surface area contributed by atoms with Crippen LogP contribution in [0.2, 0.25) is 0 Å². The van der Waals surface area contributed by atoms with Crippen LogP contribution < -0.4 is 33.8 Å². The topological polar surface area (TPSA) is 141 Å². The first-order chi connectivity index (χ1) is 19.2. The molecule has 0 radical (unpaired) electrons. The number of fused-ring (bicyclic) bond motifs is 1. The lowest BCUT2D eigenvalue weighted by Crippen LogP contribution is -2.40. The molecule has 0 bridgehead atoms. The number of hydrogen-bond acceptors (Lipinski definition) is 11. The zero-order valence-corrected chi connectivity index (χ0v) is 23.5. The number of benzene rings is 2. The fraction of sp³-hybridized carbons (Fsp3) is 0.296. The van der Waals surface area contributed by atoms with Crippen LogP contribution in [-0.4, -0.2) is 50.5 Å². The zero-order chi connectivity index (χ0) is 29.1. The van der Waals surface area contributed by atoms with Gasteiger partial charge in [0, 0.05) is 0 Å². The van der Waals surface area contributed by atoms with Gasteiger partial charge in [0.25, 0.3) is 11.2 Å². The van der Waals surface area contributed by atoms with Crippen molar-refractivity contribution in [3.8, 4) is 23.0 Å². The van der Waals surface area contributed by atoms with Gasteiger partial charge in [-0.15, -0.1) is 0 Å². The van der Waals surface area contributed by atoms with Gasteiger partial charge in [0.1, 0.15) is 0 Å². The van der Waals surface area contributed by atoms with Crippen molar-refractivity contribution in [2.45, 2.75) is 19.9 Å². The van der Waals surface area contributed by atoms with Crippen LogP contribution in [0, 0.1) is 10.1 Å². The number of nitro benzene ring substituents is 1. The van der Waals surface area contributed by atoms with Gasteiger partial charge in [-0.1, -0.05) is 17.4 Å². The summed E-state index contributed by atoms with van der Waals surface area (Å²) >= 11 is 1.04. The first kappa shape index (κ1) is 28.4. The molecule has 3 aromatic rings. The van der Waals surface area contributed by atoms with Crippen LogP contribution in [0.25, 0.3) is 6.08 Å². The van der Waals surface area contributed by atoms with Crippen LogP contribution in [0.5, 0.6) is 23.0 Å². The van der Waals surface area contributed by atoms with Gasteiger partial charge in [0.2, 0.25) is 0 Å². The number of thiazole rings is 1. The summed E-state index contributed by atoms with van der Waals surface area (Å²) in [5.41, 5.74) is 0.482. The summed E-state index contributed by atoms with van der Waals surface area (Å²) in [6.45, 7) is 3.47. The molecule has 1 aliphatic heterocycles. The highest BCUT2D eigenvalue weighted by atomic mass is 32.1. The Morgan fingerprint density at radius 3 is 2.27 bits per heavy atom. The number of hydrogen-bond donors (Lipinski definition) is 0. The third-order valence-corrected chi connectivity index (χ3v) is 7.24. The van der Waals surface area contributed by atoms with Gasteiger partial charge in [-0.25, -0.2) is 9.79 Å². The summed E-state index contributed by atoms with van der Waals surface area (Å²) in [4.78, 5) is 43.1. The minimum atomic E-state index is -0.905. The van der Waals surface area contributed by atoms with Crippen LogP contribution in [0.15, 0.2) is 51.4 Å². The molecule has 0 fully saturated rings. The fourth-order valence-corrected chi connectivity index (χ4v) is 5.47. The van der Waals surface area contributed by atoms with Gasteiger partial charge >= 0.3 is 5.97 Å². The molecule has 2 aromatic carbocycles. The lowest BCUT2D eigenvalue weighted by atomic mass is 9.95. The average molecular weight is 570 g/mol. The lowest BCUT2D eigenvalue weighted by molar-refractivity contribution is -0.385. The van der Waals surface area contributed by atoms with Gasteiger partial charge in [0.05, 0.1) is 73.4 Å². The van der Waals surface area contributed by atoms with Crippen LogP contribution in [0.3, 0.4) is 0 Å². The van der Waals surface area contributed by atoms with Gasteiger partial charge in [0.15, 0.2) is 27.8 Å². The van der Waals surface area contributed by atoms with Crippen LogP contribution >= 0.6 is 11.3 Å². The largest absolute Gasteiger partial charge is 0.493 e. The molecule has 12 nitrogen and oxygen atoms in total. The highest BCUT2D eigenvalue weighted by molar-refractivity contribution is 7.07. The Labute approximate surface area is 232 Å². The molecule has 1 aromatic heterocycles. The molecular weight excluding hydrogens is 542 g/mol. The predicted octanol–water partition coefficient (Wildman–Crippen LogP) is 2.74. The van der Waals surface area contributed by atoms with E-state index in [0.29, 0.717) is 27.6 Å². The zero-order valence-electron chi connectivity index (χ0n) is 22.7. The number of aromatic nitrogens is 1. The highest BCUT2D eigenvalue weighted by Crippen LogP contribution is 2.37. The first-order valence-corrected chi connectivity index (χ1v) is 12.8. The standard InChI is InChI=1S/C27H27N3O9S/c1-7-39-26(32)23-14(2)28-27-29(24(23)15-8-9-18(35-3)19(10-15)36-4)25(31)22(40-27)12-16-11-20(37-5)21(38-6)13-17(16)30(33)34/h8-13,24H,7H2,1-6H3/b22-12-/t24-/m1/s1. The van der Waals surface area contributed by atoms with Crippen molar-refractivity contribution in [2.24, 2.45) is 4.99 Å². The Hall–Kier alpha value is -4.65. The molecule has 1 aliphatic rings. The SMILES string of the molecule is CCOC(=O)C1=C(C)N=c2s/c(=C\c3cc(OC)c(OC)cc3[N+](=O)[O-])c(=O)n2[C@@H]1c1ccc(OC)c(OC)c1. The van der Waals surface area contributed by atoms with Crippen LogP contribution in [-0.2, 0) is 9.53 Å². The molecule has 0 saturated heterocycles. The quantitative estimate of drug-likeness (QED) is 0.216. The minimum absolute atomic E-state index is 0.127. The van der Waals surface area contributed by atoms with Gasteiger partial charge < -0.3 is 23.7 Å². The molecule has 1 atom stereocenters. The summed E-state index contributed by atoms with van der Waals surface area (Å²) in [5.74, 6) is 0.693. The Morgan fingerprint density at radius 2 is 1.68 bits per heavy atom. The van der Waals surface area contributed by atoms with Crippen LogP contribution in [0.4, 0.5) is 5.69 Å². The second-order valence-electron chi connectivity index (χ2n) is 8.44. The van der Waals surface area contributed by atoms with E-state index in [1.807, 2.05) is 0 Å². The lowest BCUT2D eigenvalue weighted by Gasteiger charge is -2.25. The van der Waals surface area contributed by atoms with Crippen LogP contribution in [0.1, 0.15) is 31.0 Å². The second-order valence-corrected chi connectivity index (χ2v) is 9.45. The Balaban J connectivity index is 2.01. The number of nitro groups is 1. The number of allylic oxidation sites excluding steroid dienone is 1. The van der Waals surface area contributed by atoms with E-state index in [2.05, 4.69) is 4.99 Å². The van der Waals surface area contributed by atoms with E-state index in [4.69, 9.17) is 23.7 Å². The monoisotopic (exact) mass is 569 g/mol. The molecule has 0 spiro atoms. The summed E-state index contributed by atoms with van der Waals surface area (Å²) in [6.07, 6.45) is 1.40. The number of carbonyl (C=O) groups excluding carboxylic acids is 1. The maximum Gasteiger partial charge on any atom is 0.338 e. The Kier molecular flexibility index (Phi) is 8.24. The molecular formula is C27H27N3O9S. The number of ether oxygens (including phenoxy) is 5. The van der Waals surface area contributed by atoms with Crippen molar-refractivity contribution >= 4 is 29.1 Å². The summed E-state index contributed by atoms with van der Waals surface area (Å²) in [6, 6.07) is 6.83. The fourth-order valence-electron chi connectivity index (χ4n) is 4.43. The van der Waals surface area contributed by atoms with Crippen molar-refractivity contribution in [3.63, 3.8) is 0 Å².